The Bertz CT molecular complexity index is 719. The molecule has 2 aliphatic rings. The highest BCUT2D eigenvalue weighted by Gasteiger charge is 2.49. The van der Waals surface area contributed by atoms with Crippen LogP contribution >= 0.6 is 0 Å². The molecule has 31 heavy (non-hydrogen) atoms. The van der Waals surface area contributed by atoms with Crippen LogP contribution in [0.3, 0.4) is 0 Å². The number of likely N-dealkylation sites (tertiary alicyclic amines) is 1. The first kappa shape index (κ1) is 25.1. The van der Waals surface area contributed by atoms with E-state index in [4.69, 9.17) is 14.6 Å². The van der Waals surface area contributed by atoms with Crippen molar-refractivity contribution in [3.05, 3.63) is 35.9 Å². The molecule has 0 saturated carbocycles. The molecule has 2 fully saturated rings. The molecule has 1 aromatic carbocycles. The fraction of sp³-hybridized carbons (Fsp3) is 0.619. The van der Waals surface area contributed by atoms with E-state index in [9.17, 15) is 23.1 Å². The Morgan fingerprint density at radius 2 is 1.87 bits per heavy atom. The van der Waals surface area contributed by atoms with Crippen LogP contribution in [0.5, 0.6) is 0 Å². The average molecular weight is 446 g/mol. The van der Waals surface area contributed by atoms with Crippen LogP contribution < -0.4 is 5.32 Å². The van der Waals surface area contributed by atoms with E-state index in [1.165, 1.54) is 0 Å². The maximum absolute atomic E-state index is 12.4. The lowest BCUT2D eigenvalue weighted by Crippen LogP contribution is -2.64. The monoisotopic (exact) mass is 446 g/mol. The third kappa shape index (κ3) is 7.48. The number of rotatable bonds is 4. The number of amides is 1. The van der Waals surface area contributed by atoms with Crippen molar-refractivity contribution in [2.24, 2.45) is 0 Å². The van der Waals surface area contributed by atoms with Crippen LogP contribution in [0, 0.1) is 0 Å². The second-order valence-corrected chi connectivity index (χ2v) is 8.23. The van der Waals surface area contributed by atoms with Crippen LogP contribution in [0.25, 0.3) is 0 Å². The van der Waals surface area contributed by atoms with Crippen LogP contribution in [-0.4, -0.2) is 77.2 Å². The van der Waals surface area contributed by atoms with Crippen molar-refractivity contribution in [1.29, 1.82) is 0 Å². The zero-order chi connectivity index (χ0) is 23.1. The summed E-state index contributed by atoms with van der Waals surface area (Å²) in [5.41, 5.74) is -1.19. The van der Waals surface area contributed by atoms with Gasteiger partial charge in [-0.25, -0.2) is 0 Å². The maximum Gasteiger partial charge on any atom is 0.390 e. The summed E-state index contributed by atoms with van der Waals surface area (Å²) in [6, 6.07) is 8.21. The summed E-state index contributed by atoms with van der Waals surface area (Å²) in [5.74, 6) is -0.271. The summed E-state index contributed by atoms with van der Waals surface area (Å²) < 4.78 is 43.3. The van der Waals surface area contributed by atoms with E-state index in [2.05, 4.69) is 5.32 Å². The highest BCUT2D eigenvalue weighted by molar-refractivity contribution is 5.94. The molecule has 2 heterocycles. The summed E-state index contributed by atoms with van der Waals surface area (Å²) in [5, 5.41) is 20.7. The third-order valence-electron chi connectivity index (χ3n) is 5.81. The summed E-state index contributed by atoms with van der Waals surface area (Å²) in [6.07, 6.45) is -3.48. The van der Waals surface area contributed by atoms with E-state index in [-0.39, 0.29) is 25.5 Å². The molecule has 7 nitrogen and oxygen atoms in total. The van der Waals surface area contributed by atoms with Crippen LogP contribution in [0.4, 0.5) is 13.2 Å². The van der Waals surface area contributed by atoms with Gasteiger partial charge >= 0.3 is 6.18 Å². The number of carbonyl (C=O) groups excluding carboxylic acids is 1. The SMILES string of the molecule is C[C@]1(O)CC2(CCN(CCC(F)(F)F)CC2)OC[C@@H]1NC(=O)c1ccccc1.O=CO. The van der Waals surface area contributed by atoms with E-state index in [1.54, 1.807) is 36.1 Å². The molecule has 0 aromatic heterocycles. The number of hydrogen-bond acceptors (Lipinski definition) is 5. The lowest BCUT2D eigenvalue weighted by molar-refractivity contribution is -0.188. The van der Waals surface area contributed by atoms with Crippen LogP contribution in [0.15, 0.2) is 30.3 Å². The number of piperidine rings is 1. The molecular weight excluding hydrogens is 417 g/mol. The Labute approximate surface area is 179 Å². The molecule has 3 N–H and O–H groups in total. The fourth-order valence-corrected chi connectivity index (χ4v) is 4.08. The van der Waals surface area contributed by atoms with E-state index < -0.39 is 29.8 Å². The van der Waals surface area contributed by atoms with Gasteiger partial charge in [0, 0.05) is 31.6 Å². The van der Waals surface area contributed by atoms with E-state index in [1.807, 2.05) is 6.07 Å². The molecule has 0 bridgehead atoms. The average Bonchev–Trinajstić information content (AvgIpc) is 2.70. The Morgan fingerprint density at radius 3 is 2.39 bits per heavy atom. The van der Waals surface area contributed by atoms with Gasteiger partial charge in [0.1, 0.15) is 0 Å². The van der Waals surface area contributed by atoms with Gasteiger partial charge in [-0.05, 0) is 31.9 Å². The van der Waals surface area contributed by atoms with Crippen molar-refractivity contribution in [2.75, 3.05) is 26.2 Å². The predicted molar refractivity (Wildman–Crippen MR) is 107 cm³/mol. The van der Waals surface area contributed by atoms with Crippen molar-refractivity contribution in [3.8, 4) is 0 Å². The van der Waals surface area contributed by atoms with Gasteiger partial charge in [-0.3, -0.25) is 9.59 Å². The molecule has 1 aromatic rings. The van der Waals surface area contributed by atoms with E-state index >= 15 is 0 Å². The molecule has 1 spiro atoms. The van der Waals surface area contributed by atoms with E-state index in [0.29, 0.717) is 37.9 Å². The number of nitrogens with zero attached hydrogens (tertiary/aromatic N) is 1. The second kappa shape index (κ2) is 10.4. The number of halogens is 3. The second-order valence-electron chi connectivity index (χ2n) is 8.23. The molecule has 0 radical (unpaired) electrons. The molecule has 0 unspecified atom stereocenters. The number of hydrogen-bond donors (Lipinski definition) is 3. The number of carbonyl (C=O) groups is 2. The molecule has 0 aliphatic carbocycles. The zero-order valence-corrected chi connectivity index (χ0v) is 17.4. The van der Waals surface area contributed by atoms with Crippen molar-refractivity contribution in [3.63, 3.8) is 0 Å². The van der Waals surface area contributed by atoms with Gasteiger partial charge in [-0.1, -0.05) is 18.2 Å². The molecule has 2 atom stereocenters. The van der Waals surface area contributed by atoms with Gasteiger partial charge in [0.15, 0.2) is 0 Å². The first-order chi connectivity index (χ1) is 14.5. The van der Waals surface area contributed by atoms with Gasteiger partial charge in [0.2, 0.25) is 0 Å². The standard InChI is InChI=1S/C20H27F3N2O3.CH2O2/c1-18(27)14-19(7-10-25(11-8-19)12-9-20(21,22)23)28-13-16(18)24-17(26)15-5-3-2-4-6-15;2-1-3/h2-6,16,27H,7-14H2,1H3,(H,24,26);1H,(H,2,3)/t16-,18-;/m0./s1. The molecule has 174 valence electrons. The van der Waals surface area contributed by atoms with Crippen molar-refractivity contribution < 1.29 is 37.7 Å². The normalized spacial score (nSPS) is 25.9. The minimum Gasteiger partial charge on any atom is -0.483 e. The number of nitrogens with one attached hydrogen (secondary N) is 1. The van der Waals surface area contributed by atoms with Gasteiger partial charge < -0.3 is 25.2 Å². The first-order valence-electron chi connectivity index (χ1n) is 10.1. The molecule has 1 amide bonds. The van der Waals surface area contributed by atoms with Crippen LogP contribution in [0.2, 0.25) is 0 Å². The highest BCUT2D eigenvalue weighted by atomic mass is 19.4. The summed E-state index contributed by atoms with van der Waals surface area (Å²) in [7, 11) is 0. The van der Waals surface area contributed by atoms with Crippen molar-refractivity contribution in [2.45, 2.75) is 56.0 Å². The number of carboxylic acid groups (broad SMARTS) is 1. The largest absolute Gasteiger partial charge is 0.483 e. The smallest absolute Gasteiger partial charge is 0.390 e. The molecule has 10 heteroatoms. The minimum atomic E-state index is -4.15. The third-order valence-corrected chi connectivity index (χ3v) is 5.81. The minimum absolute atomic E-state index is 0.00820. The number of benzene rings is 1. The van der Waals surface area contributed by atoms with Gasteiger partial charge in [0.25, 0.3) is 12.4 Å². The Hall–Kier alpha value is -2.17. The molecule has 3 rings (SSSR count). The maximum atomic E-state index is 12.4. The Kier molecular flexibility index (Phi) is 8.44. The predicted octanol–water partition coefficient (Wildman–Crippen LogP) is 2.44. The lowest BCUT2D eigenvalue weighted by atomic mass is 9.75. The quantitative estimate of drug-likeness (QED) is 0.615. The highest BCUT2D eigenvalue weighted by Crippen LogP contribution is 2.40. The molecule has 2 aliphatic heterocycles. The molecule has 2 saturated heterocycles. The van der Waals surface area contributed by atoms with Crippen molar-refractivity contribution in [1.82, 2.24) is 10.2 Å². The first-order valence-corrected chi connectivity index (χ1v) is 10.1. The van der Waals surface area contributed by atoms with Crippen molar-refractivity contribution >= 4 is 12.4 Å². The Balaban J connectivity index is 0.00000107. The van der Waals surface area contributed by atoms with Crippen LogP contribution in [-0.2, 0) is 9.53 Å². The number of ether oxygens (including phenoxy) is 1. The number of alkyl halides is 3. The van der Waals surface area contributed by atoms with Gasteiger partial charge in [-0.2, -0.15) is 13.2 Å². The number of aliphatic hydroxyl groups is 1. The zero-order valence-electron chi connectivity index (χ0n) is 17.4. The summed E-state index contributed by atoms with van der Waals surface area (Å²) >= 11 is 0. The molecular formula is C21H29F3N2O5. The Morgan fingerprint density at radius 1 is 1.29 bits per heavy atom. The van der Waals surface area contributed by atoms with Gasteiger partial charge in [0.05, 0.1) is 30.3 Å². The van der Waals surface area contributed by atoms with E-state index in [0.717, 1.165) is 0 Å². The van der Waals surface area contributed by atoms with Gasteiger partial charge in [-0.15, -0.1) is 0 Å². The topological polar surface area (TPSA) is 99.1 Å². The van der Waals surface area contributed by atoms with Crippen LogP contribution in [0.1, 0.15) is 43.0 Å². The summed E-state index contributed by atoms with van der Waals surface area (Å²) in [4.78, 5) is 22.5. The summed E-state index contributed by atoms with van der Waals surface area (Å²) in [6.45, 7) is 2.61. The fourth-order valence-electron chi connectivity index (χ4n) is 4.08. The lowest BCUT2D eigenvalue weighted by Gasteiger charge is -2.51.